The van der Waals surface area contributed by atoms with Crippen LogP contribution in [0.2, 0.25) is 5.02 Å². The molecule has 3 amide bonds. The summed E-state index contributed by atoms with van der Waals surface area (Å²) >= 11 is 9.33. The lowest BCUT2D eigenvalue weighted by atomic mass is 10.2. The van der Waals surface area contributed by atoms with Crippen molar-refractivity contribution in [2.45, 2.75) is 0 Å². The lowest BCUT2D eigenvalue weighted by Crippen LogP contribution is -2.24. The molecule has 0 heterocycles. The van der Waals surface area contributed by atoms with Gasteiger partial charge in [-0.05, 0) is 42.5 Å². The molecule has 2 aromatic carbocycles. The predicted molar refractivity (Wildman–Crippen MR) is 91.6 cm³/mol. The normalized spacial score (nSPS) is 9.95. The molecule has 0 saturated heterocycles. The molecule has 5 nitrogen and oxygen atoms in total. The molecule has 3 N–H and O–H groups in total. The summed E-state index contributed by atoms with van der Waals surface area (Å²) in [5, 5.41) is 8.20. The Morgan fingerprint density at radius 2 is 1.59 bits per heavy atom. The van der Waals surface area contributed by atoms with E-state index in [2.05, 4.69) is 31.9 Å². The fourth-order valence-corrected chi connectivity index (χ4v) is 2.46. The second-order valence-electron chi connectivity index (χ2n) is 4.36. The van der Waals surface area contributed by atoms with Crippen LogP contribution in [0.1, 0.15) is 10.4 Å². The Labute approximate surface area is 141 Å². The molecule has 0 fully saturated rings. The second kappa shape index (κ2) is 7.29. The van der Waals surface area contributed by atoms with Crippen LogP contribution in [-0.2, 0) is 0 Å². The van der Waals surface area contributed by atoms with Crippen LogP contribution in [0.4, 0.5) is 16.2 Å². The number of urea groups is 1. The highest BCUT2D eigenvalue weighted by Crippen LogP contribution is 2.22. The van der Waals surface area contributed by atoms with Crippen molar-refractivity contribution in [3.05, 3.63) is 57.5 Å². The van der Waals surface area contributed by atoms with Crippen LogP contribution < -0.4 is 16.0 Å². The third kappa shape index (κ3) is 4.22. The molecule has 0 atom stereocenters. The number of nitrogens with one attached hydrogen (secondary N) is 3. The largest absolute Gasteiger partial charge is 0.341 e. The number of hydrogen-bond donors (Lipinski definition) is 3. The van der Waals surface area contributed by atoms with Crippen molar-refractivity contribution >= 4 is 50.8 Å². The van der Waals surface area contributed by atoms with Gasteiger partial charge >= 0.3 is 6.03 Å². The van der Waals surface area contributed by atoms with Crippen LogP contribution >= 0.6 is 27.5 Å². The first-order valence-corrected chi connectivity index (χ1v) is 7.52. The summed E-state index contributed by atoms with van der Waals surface area (Å²) in [6.07, 6.45) is 0. The zero-order valence-corrected chi connectivity index (χ0v) is 14.0. The SMILES string of the molecule is CNC(=O)Nc1ccc(NC(=O)c2ccc(Br)cc2Cl)cc1. The average molecular weight is 383 g/mol. The smallest absolute Gasteiger partial charge is 0.318 e. The lowest BCUT2D eigenvalue weighted by Gasteiger charge is -2.09. The highest BCUT2D eigenvalue weighted by molar-refractivity contribution is 9.10. The monoisotopic (exact) mass is 381 g/mol. The highest BCUT2D eigenvalue weighted by Gasteiger charge is 2.11. The van der Waals surface area contributed by atoms with Gasteiger partial charge in [-0.2, -0.15) is 0 Å². The van der Waals surface area contributed by atoms with E-state index in [0.717, 1.165) is 4.47 Å². The van der Waals surface area contributed by atoms with Gasteiger partial charge in [0, 0.05) is 22.9 Å². The van der Waals surface area contributed by atoms with Crippen molar-refractivity contribution in [3.8, 4) is 0 Å². The van der Waals surface area contributed by atoms with Crippen LogP contribution in [0.25, 0.3) is 0 Å². The molecular weight excluding hydrogens is 370 g/mol. The van der Waals surface area contributed by atoms with E-state index in [1.54, 1.807) is 42.5 Å². The third-order valence-electron chi connectivity index (χ3n) is 2.80. The maximum atomic E-state index is 12.2. The third-order valence-corrected chi connectivity index (χ3v) is 3.61. The molecule has 2 aromatic rings. The molecular formula is C15H13BrClN3O2. The first-order valence-electron chi connectivity index (χ1n) is 6.35. The Morgan fingerprint density at radius 3 is 2.14 bits per heavy atom. The van der Waals surface area contributed by atoms with E-state index in [0.29, 0.717) is 22.0 Å². The summed E-state index contributed by atoms with van der Waals surface area (Å²) < 4.78 is 0.804. The Balaban J connectivity index is 2.07. The number of hydrogen-bond acceptors (Lipinski definition) is 2. The summed E-state index contributed by atoms with van der Waals surface area (Å²) in [6.45, 7) is 0. The summed E-state index contributed by atoms with van der Waals surface area (Å²) in [4.78, 5) is 23.3. The van der Waals surface area contributed by atoms with Gasteiger partial charge in [-0.1, -0.05) is 27.5 Å². The molecule has 114 valence electrons. The van der Waals surface area contributed by atoms with Crippen LogP contribution in [0.5, 0.6) is 0 Å². The molecule has 0 unspecified atom stereocenters. The summed E-state index contributed by atoms with van der Waals surface area (Å²) in [6, 6.07) is 11.5. The number of halogens is 2. The minimum atomic E-state index is -0.307. The fourth-order valence-electron chi connectivity index (χ4n) is 1.70. The topological polar surface area (TPSA) is 70.2 Å². The van der Waals surface area contributed by atoms with E-state index in [1.807, 2.05) is 0 Å². The van der Waals surface area contributed by atoms with Gasteiger partial charge < -0.3 is 16.0 Å². The Morgan fingerprint density at radius 1 is 1.00 bits per heavy atom. The van der Waals surface area contributed by atoms with E-state index in [1.165, 1.54) is 7.05 Å². The van der Waals surface area contributed by atoms with Crippen LogP contribution in [0.15, 0.2) is 46.9 Å². The molecule has 0 spiro atoms. The minimum absolute atomic E-state index is 0.301. The van der Waals surface area contributed by atoms with Crippen molar-refractivity contribution in [1.82, 2.24) is 5.32 Å². The lowest BCUT2D eigenvalue weighted by molar-refractivity contribution is 0.102. The van der Waals surface area contributed by atoms with Crippen molar-refractivity contribution in [2.24, 2.45) is 0 Å². The van der Waals surface area contributed by atoms with Crippen LogP contribution in [0, 0.1) is 0 Å². The van der Waals surface area contributed by atoms with Gasteiger partial charge in [0.15, 0.2) is 0 Å². The molecule has 0 aliphatic rings. The van der Waals surface area contributed by atoms with Crippen molar-refractivity contribution in [3.63, 3.8) is 0 Å². The van der Waals surface area contributed by atoms with Gasteiger partial charge in [-0.3, -0.25) is 4.79 Å². The molecule has 0 radical (unpaired) electrons. The first-order chi connectivity index (χ1) is 10.5. The molecule has 22 heavy (non-hydrogen) atoms. The molecule has 0 bridgehead atoms. The quantitative estimate of drug-likeness (QED) is 0.748. The standard InChI is InChI=1S/C15H13BrClN3O2/c1-18-15(22)20-11-5-3-10(4-6-11)19-14(21)12-7-2-9(16)8-13(12)17/h2-8H,1H3,(H,19,21)(H2,18,20,22). The highest BCUT2D eigenvalue weighted by atomic mass is 79.9. The van der Waals surface area contributed by atoms with Crippen LogP contribution in [0.3, 0.4) is 0 Å². The zero-order chi connectivity index (χ0) is 16.1. The zero-order valence-electron chi connectivity index (χ0n) is 11.6. The van der Waals surface area contributed by atoms with Gasteiger partial charge in [-0.25, -0.2) is 4.79 Å². The fraction of sp³-hybridized carbons (Fsp3) is 0.0667. The number of anilines is 2. The number of amides is 3. The van der Waals surface area contributed by atoms with E-state index in [-0.39, 0.29) is 11.9 Å². The predicted octanol–water partition coefficient (Wildman–Crippen LogP) is 4.11. The number of benzene rings is 2. The van der Waals surface area contributed by atoms with Crippen molar-refractivity contribution in [2.75, 3.05) is 17.7 Å². The summed E-state index contributed by atoms with van der Waals surface area (Å²) in [5.41, 5.74) is 1.61. The Kier molecular flexibility index (Phi) is 5.41. The molecule has 2 rings (SSSR count). The van der Waals surface area contributed by atoms with Gasteiger partial charge in [0.05, 0.1) is 10.6 Å². The summed E-state index contributed by atoms with van der Waals surface area (Å²) in [5.74, 6) is -0.301. The van der Waals surface area contributed by atoms with E-state index < -0.39 is 0 Å². The molecule has 0 aliphatic heterocycles. The molecule has 0 saturated carbocycles. The molecule has 0 aliphatic carbocycles. The van der Waals surface area contributed by atoms with Gasteiger partial charge in [0.25, 0.3) is 5.91 Å². The van der Waals surface area contributed by atoms with Gasteiger partial charge in [-0.15, -0.1) is 0 Å². The maximum Gasteiger partial charge on any atom is 0.318 e. The van der Waals surface area contributed by atoms with E-state index in [4.69, 9.17) is 11.6 Å². The van der Waals surface area contributed by atoms with Crippen LogP contribution in [-0.4, -0.2) is 19.0 Å². The molecule has 7 heteroatoms. The second-order valence-corrected chi connectivity index (χ2v) is 5.68. The number of carbonyl (C=O) groups excluding carboxylic acids is 2. The number of rotatable bonds is 3. The van der Waals surface area contributed by atoms with Crippen molar-refractivity contribution in [1.29, 1.82) is 0 Å². The van der Waals surface area contributed by atoms with Crippen molar-refractivity contribution < 1.29 is 9.59 Å². The Bertz CT molecular complexity index is 704. The Hall–Kier alpha value is -2.05. The first kappa shape index (κ1) is 16.3. The number of carbonyl (C=O) groups is 2. The average Bonchev–Trinajstić information content (AvgIpc) is 2.49. The minimum Gasteiger partial charge on any atom is -0.341 e. The van der Waals surface area contributed by atoms with Gasteiger partial charge in [0.2, 0.25) is 0 Å². The van der Waals surface area contributed by atoms with E-state index in [9.17, 15) is 9.59 Å². The van der Waals surface area contributed by atoms with Gasteiger partial charge in [0.1, 0.15) is 0 Å². The molecule has 0 aromatic heterocycles. The van der Waals surface area contributed by atoms with E-state index >= 15 is 0 Å². The maximum absolute atomic E-state index is 12.2. The summed E-state index contributed by atoms with van der Waals surface area (Å²) in [7, 11) is 1.53.